The normalized spacial score (nSPS) is 13.0. The van der Waals surface area contributed by atoms with Crippen molar-refractivity contribution in [2.45, 2.75) is 39.7 Å². The fourth-order valence-electron chi connectivity index (χ4n) is 0.964. The van der Waals surface area contributed by atoms with Crippen LogP contribution in [-0.2, 0) is 9.53 Å². The molecule has 15 heavy (non-hydrogen) atoms. The van der Waals surface area contributed by atoms with Crippen molar-refractivity contribution in [2.24, 2.45) is 0 Å². The van der Waals surface area contributed by atoms with E-state index < -0.39 is 5.60 Å². The third kappa shape index (κ3) is 6.77. The number of hydrogen-bond donors (Lipinski definition) is 1. The largest absolute Gasteiger partial charge is 0.457 e. The zero-order chi connectivity index (χ0) is 11.9. The van der Waals surface area contributed by atoms with Crippen molar-refractivity contribution in [1.29, 1.82) is 0 Å². The van der Waals surface area contributed by atoms with Crippen LogP contribution in [0.2, 0.25) is 0 Å². The van der Waals surface area contributed by atoms with Crippen LogP contribution in [0.15, 0.2) is 23.9 Å². The summed E-state index contributed by atoms with van der Waals surface area (Å²) in [6.07, 6.45) is 6.10. The topological polar surface area (TPSA) is 38.3 Å². The lowest BCUT2D eigenvalue weighted by Crippen LogP contribution is -2.25. The van der Waals surface area contributed by atoms with Gasteiger partial charge in [-0.25, -0.2) is 4.79 Å². The Labute approximate surface area is 92.2 Å². The molecule has 0 spiro atoms. The maximum absolute atomic E-state index is 11.7. The number of rotatable bonds is 4. The molecular weight excluding hydrogens is 190 g/mol. The van der Waals surface area contributed by atoms with Crippen molar-refractivity contribution >= 4 is 5.97 Å². The average molecular weight is 211 g/mol. The third-order valence-corrected chi connectivity index (χ3v) is 1.55. The number of nitrogens with one attached hydrogen (secondary N) is 1. The molecule has 0 heterocycles. The molecule has 0 aliphatic heterocycles. The second kappa shape index (κ2) is 6.27. The van der Waals surface area contributed by atoms with Gasteiger partial charge in [0.15, 0.2) is 0 Å². The van der Waals surface area contributed by atoms with Gasteiger partial charge in [0.25, 0.3) is 0 Å². The second-order valence-electron chi connectivity index (χ2n) is 4.23. The molecule has 0 saturated carbocycles. The first-order valence-electron chi connectivity index (χ1n) is 5.11. The molecule has 0 fully saturated rings. The van der Waals surface area contributed by atoms with Gasteiger partial charge >= 0.3 is 5.97 Å². The highest BCUT2D eigenvalue weighted by atomic mass is 16.6. The molecule has 0 bridgehead atoms. The number of ether oxygens (including phenoxy) is 1. The van der Waals surface area contributed by atoms with Gasteiger partial charge < -0.3 is 10.1 Å². The van der Waals surface area contributed by atoms with E-state index in [0.717, 1.165) is 0 Å². The molecule has 3 nitrogen and oxygen atoms in total. The number of allylic oxidation sites excluding steroid dienone is 2. The van der Waals surface area contributed by atoms with Gasteiger partial charge in [-0.2, -0.15) is 0 Å². The van der Waals surface area contributed by atoms with Crippen molar-refractivity contribution in [1.82, 2.24) is 5.32 Å². The molecule has 0 radical (unpaired) electrons. The fourth-order valence-corrected chi connectivity index (χ4v) is 0.964. The van der Waals surface area contributed by atoms with Gasteiger partial charge in [0.1, 0.15) is 5.60 Å². The van der Waals surface area contributed by atoms with Gasteiger partial charge in [-0.05, 0) is 34.1 Å². The van der Waals surface area contributed by atoms with E-state index in [1.54, 1.807) is 13.2 Å². The van der Waals surface area contributed by atoms with Crippen LogP contribution in [0.1, 0.15) is 34.1 Å². The van der Waals surface area contributed by atoms with E-state index in [0.29, 0.717) is 12.0 Å². The van der Waals surface area contributed by atoms with E-state index in [1.807, 2.05) is 39.8 Å². The number of hydrogen-bond acceptors (Lipinski definition) is 3. The lowest BCUT2D eigenvalue weighted by atomic mass is 10.1. The van der Waals surface area contributed by atoms with E-state index in [2.05, 4.69) is 5.32 Å². The van der Waals surface area contributed by atoms with Crippen LogP contribution < -0.4 is 5.32 Å². The summed E-state index contributed by atoms with van der Waals surface area (Å²) < 4.78 is 5.27. The molecular formula is C12H21NO2. The summed E-state index contributed by atoms with van der Waals surface area (Å²) in [7, 11) is 1.76. The first-order valence-corrected chi connectivity index (χ1v) is 5.11. The standard InChI is InChI=1S/C12H21NO2/c1-6-7-8-10(9-13-5)11(14)15-12(2,3)4/h6-7,9,13H,8H2,1-5H3/b7-6?,10-9-. The molecule has 3 heteroatoms. The Kier molecular flexibility index (Phi) is 5.75. The van der Waals surface area contributed by atoms with E-state index in [4.69, 9.17) is 4.74 Å². The van der Waals surface area contributed by atoms with Crippen LogP contribution in [-0.4, -0.2) is 18.6 Å². The summed E-state index contributed by atoms with van der Waals surface area (Å²) >= 11 is 0. The Balaban J connectivity index is 4.50. The van der Waals surface area contributed by atoms with Gasteiger partial charge in [0.2, 0.25) is 0 Å². The van der Waals surface area contributed by atoms with E-state index in [-0.39, 0.29) is 5.97 Å². The lowest BCUT2D eigenvalue weighted by Gasteiger charge is -2.20. The quantitative estimate of drug-likeness (QED) is 0.441. The summed E-state index contributed by atoms with van der Waals surface area (Å²) in [5.41, 5.74) is 0.186. The monoisotopic (exact) mass is 211 g/mol. The summed E-state index contributed by atoms with van der Waals surface area (Å²) in [5.74, 6) is -0.269. The molecule has 0 rings (SSSR count). The second-order valence-corrected chi connectivity index (χ2v) is 4.23. The molecule has 0 aromatic heterocycles. The molecule has 0 aliphatic carbocycles. The van der Waals surface area contributed by atoms with Gasteiger partial charge in [-0.15, -0.1) is 0 Å². The minimum absolute atomic E-state index is 0.269. The smallest absolute Gasteiger partial charge is 0.336 e. The molecule has 0 unspecified atom stereocenters. The Morgan fingerprint density at radius 1 is 1.40 bits per heavy atom. The Hall–Kier alpha value is -1.25. The average Bonchev–Trinajstić information content (AvgIpc) is 2.09. The molecule has 1 N–H and O–H groups in total. The highest BCUT2D eigenvalue weighted by molar-refractivity contribution is 5.88. The van der Waals surface area contributed by atoms with Crippen molar-refractivity contribution in [3.8, 4) is 0 Å². The van der Waals surface area contributed by atoms with Crippen molar-refractivity contribution in [3.05, 3.63) is 23.9 Å². The highest BCUT2D eigenvalue weighted by Crippen LogP contribution is 2.13. The van der Waals surface area contributed by atoms with Crippen LogP contribution in [0.4, 0.5) is 0 Å². The molecule has 0 saturated heterocycles. The minimum Gasteiger partial charge on any atom is -0.457 e. The summed E-state index contributed by atoms with van der Waals surface area (Å²) in [4.78, 5) is 11.7. The molecule has 0 atom stereocenters. The van der Waals surface area contributed by atoms with E-state index >= 15 is 0 Å². The van der Waals surface area contributed by atoms with E-state index in [1.165, 1.54) is 0 Å². The van der Waals surface area contributed by atoms with Gasteiger partial charge in [-0.3, -0.25) is 0 Å². The van der Waals surface area contributed by atoms with Gasteiger partial charge in [0, 0.05) is 13.2 Å². The lowest BCUT2D eigenvalue weighted by molar-refractivity contribution is -0.149. The predicted molar refractivity (Wildman–Crippen MR) is 62.4 cm³/mol. The maximum atomic E-state index is 11.7. The van der Waals surface area contributed by atoms with Crippen LogP contribution >= 0.6 is 0 Å². The Morgan fingerprint density at radius 3 is 2.40 bits per heavy atom. The minimum atomic E-state index is -0.445. The molecule has 0 amide bonds. The van der Waals surface area contributed by atoms with Crippen LogP contribution in [0.3, 0.4) is 0 Å². The van der Waals surface area contributed by atoms with Crippen molar-refractivity contribution in [3.63, 3.8) is 0 Å². The Bertz CT molecular complexity index is 259. The van der Waals surface area contributed by atoms with Crippen LogP contribution in [0.5, 0.6) is 0 Å². The predicted octanol–water partition coefficient (Wildman–Crippen LogP) is 2.40. The first-order chi connectivity index (χ1) is 6.90. The number of carbonyl (C=O) groups is 1. The molecule has 86 valence electrons. The molecule has 0 aliphatic rings. The summed E-state index contributed by atoms with van der Waals surface area (Å²) in [5, 5.41) is 2.85. The molecule has 0 aromatic rings. The van der Waals surface area contributed by atoms with Gasteiger partial charge in [0.05, 0.1) is 5.57 Å². The SMILES string of the molecule is CC=CC/C(=C/NC)C(=O)OC(C)(C)C. The summed E-state index contributed by atoms with van der Waals surface area (Å²) in [6, 6.07) is 0. The molecule has 0 aromatic carbocycles. The highest BCUT2D eigenvalue weighted by Gasteiger charge is 2.18. The van der Waals surface area contributed by atoms with Gasteiger partial charge in [-0.1, -0.05) is 12.2 Å². The number of esters is 1. The fraction of sp³-hybridized carbons (Fsp3) is 0.583. The van der Waals surface area contributed by atoms with E-state index in [9.17, 15) is 4.79 Å². The zero-order valence-corrected chi connectivity index (χ0v) is 10.3. The zero-order valence-electron chi connectivity index (χ0n) is 10.3. The maximum Gasteiger partial charge on any atom is 0.336 e. The number of carbonyl (C=O) groups excluding carboxylic acids is 1. The van der Waals surface area contributed by atoms with Crippen molar-refractivity contribution in [2.75, 3.05) is 7.05 Å². The first kappa shape index (κ1) is 13.8. The summed E-state index contributed by atoms with van der Waals surface area (Å²) in [6.45, 7) is 7.50. The van der Waals surface area contributed by atoms with Crippen LogP contribution in [0.25, 0.3) is 0 Å². The Morgan fingerprint density at radius 2 is 2.00 bits per heavy atom. The van der Waals surface area contributed by atoms with Crippen LogP contribution in [0, 0.1) is 0 Å². The third-order valence-electron chi connectivity index (χ3n) is 1.55. The van der Waals surface area contributed by atoms with Crippen molar-refractivity contribution < 1.29 is 9.53 Å².